The summed E-state index contributed by atoms with van der Waals surface area (Å²) in [6.07, 6.45) is 1.08. The first-order valence-electron chi connectivity index (χ1n) is 4.30. The molecule has 0 amide bonds. The molecule has 0 aromatic carbocycles. The van der Waals surface area contributed by atoms with Crippen LogP contribution in [0.15, 0.2) is 0 Å². The number of nitrogens with one attached hydrogen (secondary N) is 1. The highest BCUT2D eigenvalue weighted by Crippen LogP contribution is 2.29. The average Bonchev–Trinajstić information content (AvgIpc) is 2.33. The Morgan fingerprint density at radius 1 is 1.50 bits per heavy atom. The van der Waals surface area contributed by atoms with Gasteiger partial charge in [0.15, 0.2) is 0 Å². The van der Waals surface area contributed by atoms with Crippen molar-refractivity contribution in [2.45, 2.75) is 39.5 Å². The lowest BCUT2D eigenvalue weighted by molar-refractivity contribution is 0.486. The Bertz CT molecular complexity index is 273. The van der Waals surface area contributed by atoms with Crippen molar-refractivity contribution >= 4 is 5.82 Å². The second-order valence-electron chi connectivity index (χ2n) is 3.85. The van der Waals surface area contributed by atoms with Gasteiger partial charge in [-0.1, -0.05) is 20.8 Å². The van der Waals surface area contributed by atoms with Crippen molar-refractivity contribution in [1.29, 1.82) is 0 Å². The average molecular weight is 167 g/mol. The molecule has 1 heterocycles. The van der Waals surface area contributed by atoms with Crippen LogP contribution in [0, 0.1) is 6.92 Å². The van der Waals surface area contributed by atoms with Crippen LogP contribution in [0.5, 0.6) is 0 Å². The number of anilines is 1. The third kappa shape index (κ3) is 1.31. The van der Waals surface area contributed by atoms with Crippen LogP contribution in [0.4, 0.5) is 5.82 Å². The van der Waals surface area contributed by atoms with E-state index in [0.717, 1.165) is 17.7 Å². The molecule has 0 radical (unpaired) electrons. The summed E-state index contributed by atoms with van der Waals surface area (Å²) in [5.41, 5.74) is 8.04. The van der Waals surface area contributed by atoms with Gasteiger partial charge < -0.3 is 5.73 Å². The van der Waals surface area contributed by atoms with Gasteiger partial charge in [-0.25, -0.2) is 0 Å². The summed E-state index contributed by atoms with van der Waals surface area (Å²) in [7, 11) is 0. The number of nitrogens with zero attached hydrogens (tertiary/aromatic N) is 1. The summed E-state index contributed by atoms with van der Waals surface area (Å²) in [4.78, 5) is 0. The highest BCUT2D eigenvalue weighted by Gasteiger charge is 2.23. The lowest BCUT2D eigenvalue weighted by atomic mass is 9.84. The molecule has 1 aromatic rings. The predicted molar refractivity (Wildman–Crippen MR) is 51.1 cm³/mol. The molecule has 3 heteroatoms. The van der Waals surface area contributed by atoms with Gasteiger partial charge in [0.1, 0.15) is 5.82 Å². The third-order valence-corrected chi connectivity index (χ3v) is 2.61. The van der Waals surface area contributed by atoms with E-state index in [2.05, 4.69) is 31.0 Å². The van der Waals surface area contributed by atoms with E-state index in [1.807, 2.05) is 6.92 Å². The van der Waals surface area contributed by atoms with Gasteiger partial charge in [-0.2, -0.15) is 5.10 Å². The van der Waals surface area contributed by atoms with Gasteiger partial charge >= 0.3 is 0 Å². The first-order valence-corrected chi connectivity index (χ1v) is 4.30. The summed E-state index contributed by atoms with van der Waals surface area (Å²) in [6, 6.07) is 0. The molecule has 1 aromatic heterocycles. The number of nitrogen functional groups attached to an aromatic ring is 1. The Morgan fingerprint density at radius 3 is 2.42 bits per heavy atom. The zero-order chi connectivity index (χ0) is 9.35. The minimum absolute atomic E-state index is 0.148. The monoisotopic (exact) mass is 167 g/mol. The Balaban J connectivity index is 3.11. The third-order valence-electron chi connectivity index (χ3n) is 2.61. The van der Waals surface area contributed by atoms with Gasteiger partial charge in [0.05, 0.1) is 0 Å². The van der Waals surface area contributed by atoms with E-state index in [-0.39, 0.29) is 5.41 Å². The number of nitrogens with two attached hydrogens (primary N) is 1. The quantitative estimate of drug-likeness (QED) is 0.707. The van der Waals surface area contributed by atoms with Crippen LogP contribution in [0.1, 0.15) is 38.4 Å². The summed E-state index contributed by atoms with van der Waals surface area (Å²) in [5.74, 6) is 0.617. The standard InChI is InChI=1S/C9H17N3/c1-5-9(3,4)7-6(2)8(10)12-11-7/h5H2,1-4H3,(H3,10,11,12). The van der Waals surface area contributed by atoms with Crippen LogP contribution in [0.2, 0.25) is 0 Å². The molecular weight excluding hydrogens is 150 g/mol. The van der Waals surface area contributed by atoms with Crippen LogP contribution in [0.3, 0.4) is 0 Å². The van der Waals surface area contributed by atoms with Crippen LogP contribution in [-0.4, -0.2) is 10.2 Å². The molecule has 0 aliphatic carbocycles. The number of hydrogen-bond donors (Lipinski definition) is 2. The van der Waals surface area contributed by atoms with Gasteiger partial charge in [0.25, 0.3) is 0 Å². The maximum Gasteiger partial charge on any atom is 0.148 e. The molecule has 0 spiro atoms. The molecule has 3 N–H and O–H groups in total. The molecule has 0 fully saturated rings. The topological polar surface area (TPSA) is 54.7 Å². The molecule has 68 valence electrons. The lowest BCUT2D eigenvalue weighted by Gasteiger charge is -2.21. The highest BCUT2D eigenvalue weighted by atomic mass is 15.2. The predicted octanol–water partition coefficient (Wildman–Crippen LogP) is 1.99. The number of aromatic nitrogens is 2. The first-order chi connectivity index (χ1) is 5.49. The van der Waals surface area contributed by atoms with Crippen molar-refractivity contribution in [3.63, 3.8) is 0 Å². The molecule has 0 saturated carbocycles. The second-order valence-corrected chi connectivity index (χ2v) is 3.85. The Labute approximate surface area is 73.4 Å². The minimum atomic E-state index is 0.148. The van der Waals surface area contributed by atoms with E-state index in [1.165, 1.54) is 0 Å². The zero-order valence-corrected chi connectivity index (χ0v) is 8.23. The normalized spacial score (nSPS) is 12.0. The van der Waals surface area contributed by atoms with Crippen molar-refractivity contribution in [1.82, 2.24) is 10.2 Å². The van der Waals surface area contributed by atoms with E-state index >= 15 is 0 Å². The van der Waals surface area contributed by atoms with E-state index in [4.69, 9.17) is 5.73 Å². The van der Waals surface area contributed by atoms with Crippen LogP contribution in [0.25, 0.3) is 0 Å². The molecule has 0 aliphatic heterocycles. The van der Waals surface area contributed by atoms with E-state index in [0.29, 0.717) is 5.82 Å². The SMILES string of the molecule is CCC(C)(C)c1[nH]nc(N)c1C. The van der Waals surface area contributed by atoms with Crippen molar-refractivity contribution < 1.29 is 0 Å². The fraction of sp³-hybridized carbons (Fsp3) is 0.667. The minimum Gasteiger partial charge on any atom is -0.382 e. The maximum absolute atomic E-state index is 5.65. The molecule has 3 nitrogen and oxygen atoms in total. The van der Waals surface area contributed by atoms with Gasteiger partial charge in [0, 0.05) is 16.7 Å². The molecule has 1 rings (SSSR count). The smallest absolute Gasteiger partial charge is 0.148 e. The van der Waals surface area contributed by atoms with Gasteiger partial charge in [-0.05, 0) is 13.3 Å². The molecule has 0 aliphatic rings. The fourth-order valence-corrected chi connectivity index (χ4v) is 1.25. The Morgan fingerprint density at radius 2 is 2.08 bits per heavy atom. The maximum atomic E-state index is 5.65. The molecule has 0 bridgehead atoms. The summed E-state index contributed by atoms with van der Waals surface area (Å²) in [6.45, 7) is 8.54. The van der Waals surface area contributed by atoms with Crippen molar-refractivity contribution in [3.05, 3.63) is 11.3 Å². The molecular formula is C9H17N3. The Hall–Kier alpha value is -0.990. The molecule has 0 atom stereocenters. The van der Waals surface area contributed by atoms with Crippen molar-refractivity contribution in [2.75, 3.05) is 5.73 Å². The largest absolute Gasteiger partial charge is 0.382 e. The van der Waals surface area contributed by atoms with Crippen LogP contribution < -0.4 is 5.73 Å². The van der Waals surface area contributed by atoms with Gasteiger partial charge in [-0.3, -0.25) is 5.10 Å². The van der Waals surface area contributed by atoms with E-state index in [1.54, 1.807) is 0 Å². The van der Waals surface area contributed by atoms with Crippen LogP contribution >= 0.6 is 0 Å². The van der Waals surface area contributed by atoms with Gasteiger partial charge in [-0.15, -0.1) is 0 Å². The lowest BCUT2D eigenvalue weighted by Crippen LogP contribution is -2.17. The number of aromatic amines is 1. The number of hydrogen-bond acceptors (Lipinski definition) is 2. The fourth-order valence-electron chi connectivity index (χ4n) is 1.25. The summed E-state index contributed by atoms with van der Waals surface area (Å²) < 4.78 is 0. The van der Waals surface area contributed by atoms with E-state index < -0.39 is 0 Å². The first kappa shape index (κ1) is 9.10. The molecule has 12 heavy (non-hydrogen) atoms. The van der Waals surface area contributed by atoms with E-state index in [9.17, 15) is 0 Å². The second kappa shape index (κ2) is 2.81. The molecule has 0 unspecified atom stereocenters. The Kier molecular flexibility index (Phi) is 2.13. The van der Waals surface area contributed by atoms with Crippen LogP contribution in [-0.2, 0) is 5.41 Å². The number of rotatable bonds is 2. The van der Waals surface area contributed by atoms with Crippen molar-refractivity contribution in [3.8, 4) is 0 Å². The number of H-pyrrole nitrogens is 1. The zero-order valence-electron chi connectivity index (χ0n) is 8.23. The van der Waals surface area contributed by atoms with Crippen molar-refractivity contribution in [2.24, 2.45) is 0 Å². The summed E-state index contributed by atoms with van der Waals surface area (Å²) >= 11 is 0. The summed E-state index contributed by atoms with van der Waals surface area (Å²) in [5, 5.41) is 6.97. The van der Waals surface area contributed by atoms with Gasteiger partial charge in [0.2, 0.25) is 0 Å². The highest BCUT2D eigenvalue weighted by molar-refractivity contribution is 5.43. The molecule has 0 saturated heterocycles.